The molecule has 0 bridgehead atoms. The lowest BCUT2D eigenvalue weighted by atomic mass is 10.1. The van der Waals surface area contributed by atoms with Gasteiger partial charge in [-0.3, -0.25) is 9.59 Å². The van der Waals surface area contributed by atoms with Gasteiger partial charge in [-0.05, 0) is 36.8 Å². The number of pyridine rings is 2. The molecule has 0 atom stereocenters. The van der Waals surface area contributed by atoms with Crippen LogP contribution >= 0.6 is 24.2 Å². The fraction of sp³-hybridized carbons (Fsp3) is 0.273. The van der Waals surface area contributed by atoms with Crippen molar-refractivity contribution in [3.63, 3.8) is 0 Å². The van der Waals surface area contributed by atoms with Gasteiger partial charge in [-0.1, -0.05) is 12.1 Å². The van der Waals surface area contributed by atoms with E-state index >= 15 is 0 Å². The number of hydrogen-bond acceptors (Lipinski definition) is 6. The summed E-state index contributed by atoms with van der Waals surface area (Å²) in [6.07, 6.45) is 1.57. The van der Waals surface area contributed by atoms with Gasteiger partial charge >= 0.3 is 5.97 Å². The summed E-state index contributed by atoms with van der Waals surface area (Å²) in [5.74, 6) is 0.947. The molecule has 31 heavy (non-hydrogen) atoms. The number of carbonyl (C=O) groups excluding carboxylic acids is 1. The molecule has 0 aliphatic carbocycles. The second kappa shape index (κ2) is 9.98. The number of amides is 1. The van der Waals surface area contributed by atoms with E-state index in [-0.39, 0.29) is 24.7 Å². The van der Waals surface area contributed by atoms with Gasteiger partial charge in [-0.15, -0.1) is 12.4 Å². The van der Waals surface area contributed by atoms with Crippen LogP contribution < -0.4 is 5.32 Å². The third-order valence-electron chi connectivity index (χ3n) is 4.98. The Balaban J connectivity index is 0.00000272. The van der Waals surface area contributed by atoms with E-state index in [1.807, 2.05) is 47.9 Å². The number of carboxylic acids is 1. The van der Waals surface area contributed by atoms with Crippen molar-refractivity contribution in [3.8, 4) is 0 Å². The number of carboxylic acid groups (broad SMARTS) is 1. The molecule has 9 heteroatoms. The molecule has 2 N–H and O–H groups in total. The number of fused-ring (bicyclic) bond motifs is 1. The van der Waals surface area contributed by atoms with Crippen molar-refractivity contribution >= 4 is 58.5 Å². The minimum atomic E-state index is -0.871. The van der Waals surface area contributed by atoms with Crippen molar-refractivity contribution in [2.75, 3.05) is 29.9 Å². The van der Waals surface area contributed by atoms with Crippen LogP contribution in [0.4, 0.5) is 11.4 Å². The van der Waals surface area contributed by atoms with Crippen LogP contribution in [-0.4, -0.2) is 56.4 Å². The van der Waals surface area contributed by atoms with E-state index in [4.69, 9.17) is 5.11 Å². The summed E-state index contributed by atoms with van der Waals surface area (Å²) >= 11 is 1.85. The fourth-order valence-corrected chi connectivity index (χ4v) is 4.33. The molecule has 162 valence electrons. The Morgan fingerprint density at radius 1 is 1.13 bits per heavy atom. The van der Waals surface area contributed by atoms with Crippen LogP contribution in [0.25, 0.3) is 11.0 Å². The van der Waals surface area contributed by atoms with Crippen molar-refractivity contribution in [1.29, 1.82) is 0 Å². The average molecular weight is 459 g/mol. The Morgan fingerprint density at radius 2 is 1.84 bits per heavy atom. The van der Waals surface area contributed by atoms with Gasteiger partial charge in [0.2, 0.25) is 0 Å². The number of aryl methyl sites for hydroxylation is 1. The number of nitrogens with zero attached hydrogens (tertiary/aromatic N) is 3. The Hall–Kier alpha value is -2.84. The molecule has 0 spiro atoms. The predicted octanol–water partition coefficient (Wildman–Crippen LogP) is 3.92. The number of anilines is 2. The number of nitrogens with one attached hydrogen (secondary N) is 1. The van der Waals surface area contributed by atoms with Crippen molar-refractivity contribution < 1.29 is 14.7 Å². The number of halogens is 1. The molecule has 1 aliphatic rings. The summed E-state index contributed by atoms with van der Waals surface area (Å²) < 4.78 is 0. The van der Waals surface area contributed by atoms with Gasteiger partial charge in [-0.25, -0.2) is 9.97 Å². The zero-order chi connectivity index (χ0) is 21.1. The lowest BCUT2D eigenvalue weighted by molar-refractivity contribution is -0.136. The number of carbonyl (C=O) groups is 2. The van der Waals surface area contributed by atoms with E-state index in [1.165, 1.54) is 0 Å². The molecular weight excluding hydrogens is 436 g/mol. The lowest BCUT2D eigenvalue weighted by Crippen LogP contribution is -2.38. The van der Waals surface area contributed by atoms with Crippen LogP contribution in [0.15, 0.2) is 42.6 Å². The van der Waals surface area contributed by atoms with Crippen molar-refractivity contribution in [3.05, 3.63) is 59.4 Å². The summed E-state index contributed by atoms with van der Waals surface area (Å²) in [5.41, 5.74) is 4.08. The largest absolute Gasteiger partial charge is 0.481 e. The highest BCUT2D eigenvalue weighted by Crippen LogP contribution is 2.30. The number of benzene rings is 1. The Bertz CT molecular complexity index is 1100. The fourth-order valence-electron chi connectivity index (χ4n) is 3.43. The van der Waals surface area contributed by atoms with Gasteiger partial charge in [0.15, 0.2) is 5.65 Å². The molecular formula is C22H23ClN4O3S. The van der Waals surface area contributed by atoms with Crippen molar-refractivity contribution in [1.82, 2.24) is 14.9 Å². The molecule has 0 unspecified atom stereocenters. The molecule has 1 amide bonds. The number of hydrogen-bond donors (Lipinski definition) is 2. The first kappa shape index (κ1) is 22.8. The van der Waals surface area contributed by atoms with Crippen LogP contribution in [0, 0.1) is 6.92 Å². The van der Waals surface area contributed by atoms with E-state index in [0.29, 0.717) is 22.5 Å². The number of aromatic nitrogens is 2. The van der Waals surface area contributed by atoms with Gasteiger partial charge in [0.25, 0.3) is 5.91 Å². The summed E-state index contributed by atoms with van der Waals surface area (Å²) in [5, 5.41) is 13.1. The standard InChI is InChI=1S/C22H22N4O3S.ClH/c1-14-2-7-17-20(25-16-5-3-15(4-6-16)12-19(27)28)18(13-23-21(17)24-14)22(29)26-8-10-30-11-9-26;/h2-7,13H,8-12H2,1H3,(H,27,28)(H,23,24,25);1H. The first-order valence-electron chi connectivity index (χ1n) is 9.72. The van der Waals surface area contributed by atoms with Crippen LogP contribution in [0.3, 0.4) is 0 Å². The average Bonchev–Trinajstić information content (AvgIpc) is 2.75. The zero-order valence-corrected chi connectivity index (χ0v) is 18.6. The smallest absolute Gasteiger partial charge is 0.307 e. The van der Waals surface area contributed by atoms with E-state index in [1.54, 1.807) is 18.3 Å². The van der Waals surface area contributed by atoms with E-state index in [0.717, 1.165) is 41.4 Å². The molecule has 3 heterocycles. The Morgan fingerprint density at radius 3 is 2.52 bits per heavy atom. The van der Waals surface area contributed by atoms with Crippen LogP contribution in [0.2, 0.25) is 0 Å². The molecule has 0 saturated carbocycles. The molecule has 3 aromatic rings. The third-order valence-corrected chi connectivity index (χ3v) is 5.92. The minimum absolute atomic E-state index is 0. The number of rotatable bonds is 5. The molecule has 1 fully saturated rings. The van der Waals surface area contributed by atoms with Gasteiger partial charge < -0.3 is 15.3 Å². The SMILES string of the molecule is Cc1ccc2c(Nc3ccc(CC(=O)O)cc3)c(C(=O)N3CCSCC3)cnc2n1.Cl. The highest BCUT2D eigenvalue weighted by atomic mass is 35.5. The van der Waals surface area contributed by atoms with E-state index in [2.05, 4.69) is 15.3 Å². The highest BCUT2D eigenvalue weighted by molar-refractivity contribution is 7.99. The number of thioether (sulfide) groups is 1. The Kier molecular flexibility index (Phi) is 7.35. The summed E-state index contributed by atoms with van der Waals surface area (Å²) in [4.78, 5) is 35.0. The van der Waals surface area contributed by atoms with Gasteiger partial charge in [0.05, 0.1) is 17.7 Å². The maximum Gasteiger partial charge on any atom is 0.307 e. The zero-order valence-electron chi connectivity index (χ0n) is 17.0. The van der Waals surface area contributed by atoms with Gasteiger partial charge in [-0.2, -0.15) is 11.8 Å². The lowest BCUT2D eigenvalue weighted by Gasteiger charge is -2.27. The molecule has 2 aromatic heterocycles. The van der Waals surface area contributed by atoms with Crippen LogP contribution in [0.1, 0.15) is 21.6 Å². The van der Waals surface area contributed by atoms with E-state index < -0.39 is 5.97 Å². The molecule has 1 aromatic carbocycles. The quantitative estimate of drug-likeness (QED) is 0.598. The van der Waals surface area contributed by atoms with Gasteiger partial charge in [0.1, 0.15) is 0 Å². The normalized spacial score (nSPS) is 13.5. The van der Waals surface area contributed by atoms with Gasteiger partial charge in [0, 0.05) is 47.6 Å². The maximum absolute atomic E-state index is 13.2. The minimum Gasteiger partial charge on any atom is -0.481 e. The first-order chi connectivity index (χ1) is 14.5. The summed E-state index contributed by atoms with van der Waals surface area (Å²) in [6.45, 7) is 3.34. The molecule has 1 saturated heterocycles. The first-order valence-corrected chi connectivity index (χ1v) is 10.9. The van der Waals surface area contributed by atoms with Crippen molar-refractivity contribution in [2.45, 2.75) is 13.3 Å². The third kappa shape index (κ3) is 5.26. The molecule has 0 radical (unpaired) electrons. The second-order valence-electron chi connectivity index (χ2n) is 7.17. The summed E-state index contributed by atoms with van der Waals surface area (Å²) in [6, 6.07) is 11.0. The number of aliphatic carboxylic acids is 1. The van der Waals surface area contributed by atoms with Crippen LogP contribution in [0.5, 0.6) is 0 Å². The topological polar surface area (TPSA) is 95.4 Å². The Labute approximate surface area is 190 Å². The summed E-state index contributed by atoms with van der Waals surface area (Å²) in [7, 11) is 0. The van der Waals surface area contributed by atoms with E-state index in [9.17, 15) is 9.59 Å². The predicted molar refractivity (Wildman–Crippen MR) is 126 cm³/mol. The molecule has 7 nitrogen and oxygen atoms in total. The maximum atomic E-state index is 13.2. The molecule has 1 aliphatic heterocycles. The van der Waals surface area contributed by atoms with Crippen LogP contribution in [-0.2, 0) is 11.2 Å². The van der Waals surface area contributed by atoms with Crippen molar-refractivity contribution in [2.24, 2.45) is 0 Å². The second-order valence-corrected chi connectivity index (χ2v) is 8.39. The monoisotopic (exact) mass is 458 g/mol. The highest BCUT2D eigenvalue weighted by Gasteiger charge is 2.23. The molecule has 4 rings (SSSR count).